The smallest absolute Gasteiger partial charge is 0.0595 e. The fraction of sp³-hybridized carbons (Fsp3) is 0.538. The van der Waals surface area contributed by atoms with Crippen LogP contribution < -0.4 is 0 Å². The Hall–Kier alpha value is 0.0900. The van der Waals surface area contributed by atoms with E-state index >= 15 is 0 Å². The predicted molar refractivity (Wildman–Crippen MR) is 73.9 cm³/mol. The number of benzene rings is 1. The molecule has 3 heteroatoms. The molecular weight excluding hydrogens is 263 g/mol. The zero-order chi connectivity index (χ0) is 12.1. The van der Waals surface area contributed by atoms with Crippen LogP contribution in [-0.4, -0.2) is 5.38 Å². The highest BCUT2D eigenvalue weighted by atomic mass is 35.5. The van der Waals surface area contributed by atoms with E-state index < -0.39 is 0 Å². The van der Waals surface area contributed by atoms with E-state index in [0.29, 0.717) is 16.0 Å². The minimum absolute atomic E-state index is 0.266. The molecule has 1 aromatic rings. The number of hydrogen-bond donors (Lipinski definition) is 0. The Morgan fingerprint density at radius 2 is 1.81 bits per heavy atom. The molecular formula is C13H17Cl3. The molecule has 1 unspecified atom stereocenters. The van der Waals surface area contributed by atoms with Crippen molar-refractivity contribution in [1.29, 1.82) is 0 Å². The number of halogens is 3. The van der Waals surface area contributed by atoms with Crippen molar-refractivity contribution >= 4 is 34.8 Å². The van der Waals surface area contributed by atoms with Crippen LogP contribution in [-0.2, 0) is 6.42 Å². The van der Waals surface area contributed by atoms with E-state index in [1.54, 1.807) is 0 Å². The summed E-state index contributed by atoms with van der Waals surface area (Å²) in [5.74, 6) is 0.537. The average Bonchev–Trinajstić information content (AvgIpc) is 2.23. The van der Waals surface area contributed by atoms with Gasteiger partial charge in [-0.1, -0.05) is 43.1 Å². The topological polar surface area (TPSA) is 0 Å². The Bertz CT molecular complexity index is 334. The summed E-state index contributed by atoms with van der Waals surface area (Å²) < 4.78 is 0. The van der Waals surface area contributed by atoms with Gasteiger partial charge in [0.2, 0.25) is 0 Å². The summed E-state index contributed by atoms with van der Waals surface area (Å²) in [6.45, 7) is 4.30. The first-order valence-electron chi connectivity index (χ1n) is 5.58. The molecule has 0 heterocycles. The van der Waals surface area contributed by atoms with Crippen molar-refractivity contribution in [2.24, 2.45) is 5.92 Å². The SMILES string of the molecule is CC(C)C(Cl)CCCc1ccc(Cl)c(Cl)c1. The lowest BCUT2D eigenvalue weighted by Crippen LogP contribution is -2.07. The largest absolute Gasteiger partial charge is 0.123 e. The molecule has 0 N–H and O–H groups in total. The van der Waals surface area contributed by atoms with Crippen molar-refractivity contribution in [2.45, 2.75) is 38.5 Å². The summed E-state index contributed by atoms with van der Waals surface area (Å²) in [5.41, 5.74) is 1.22. The van der Waals surface area contributed by atoms with Gasteiger partial charge in [-0.05, 0) is 42.9 Å². The van der Waals surface area contributed by atoms with Gasteiger partial charge in [0.05, 0.1) is 10.0 Å². The first kappa shape index (κ1) is 14.2. The van der Waals surface area contributed by atoms with Gasteiger partial charge in [0, 0.05) is 5.38 Å². The van der Waals surface area contributed by atoms with Crippen LogP contribution in [0.2, 0.25) is 10.0 Å². The Labute approximate surface area is 113 Å². The van der Waals surface area contributed by atoms with Crippen LogP contribution >= 0.6 is 34.8 Å². The van der Waals surface area contributed by atoms with E-state index in [9.17, 15) is 0 Å². The van der Waals surface area contributed by atoms with Crippen molar-refractivity contribution in [3.05, 3.63) is 33.8 Å². The first-order chi connectivity index (χ1) is 7.50. The average molecular weight is 280 g/mol. The normalized spacial score (nSPS) is 13.1. The van der Waals surface area contributed by atoms with Gasteiger partial charge < -0.3 is 0 Å². The molecule has 0 bridgehead atoms. The Morgan fingerprint density at radius 1 is 1.12 bits per heavy atom. The molecule has 1 atom stereocenters. The van der Waals surface area contributed by atoms with Crippen LogP contribution in [0.4, 0.5) is 0 Å². The van der Waals surface area contributed by atoms with E-state index in [1.165, 1.54) is 5.56 Å². The molecule has 0 nitrogen and oxygen atoms in total. The van der Waals surface area contributed by atoms with Crippen LogP contribution in [0.15, 0.2) is 18.2 Å². The second-order valence-electron chi connectivity index (χ2n) is 4.40. The first-order valence-corrected chi connectivity index (χ1v) is 6.78. The fourth-order valence-electron chi connectivity index (χ4n) is 1.53. The van der Waals surface area contributed by atoms with Crippen LogP contribution in [0.1, 0.15) is 32.3 Å². The van der Waals surface area contributed by atoms with E-state index in [1.807, 2.05) is 18.2 Å². The molecule has 1 rings (SSSR count). The van der Waals surface area contributed by atoms with Gasteiger partial charge in [0.15, 0.2) is 0 Å². The van der Waals surface area contributed by atoms with Crippen LogP contribution in [0.25, 0.3) is 0 Å². The second-order valence-corrected chi connectivity index (χ2v) is 5.78. The second kappa shape index (κ2) is 6.74. The van der Waals surface area contributed by atoms with Crippen LogP contribution in [0, 0.1) is 5.92 Å². The predicted octanol–water partition coefficient (Wildman–Crippen LogP) is 5.58. The van der Waals surface area contributed by atoms with Gasteiger partial charge in [0.1, 0.15) is 0 Å². The third-order valence-electron chi connectivity index (χ3n) is 2.65. The molecule has 0 aliphatic carbocycles. The zero-order valence-corrected chi connectivity index (χ0v) is 11.9. The summed E-state index contributed by atoms with van der Waals surface area (Å²) in [5, 5.41) is 1.51. The molecule has 0 fully saturated rings. The molecule has 0 aliphatic rings. The molecule has 0 amide bonds. The lowest BCUT2D eigenvalue weighted by Gasteiger charge is -2.12. The van der Waals surface area contributed by atoms with E-state index in [4.69, 9.17) is 34.8 Å². The maximum Gasteiger partial charge on any atom is 0.0595 e. The summed E-state index contributed by atoms with van der Waals surface area (Å²) >= 11 is 18.0. The Kier molecular flexibility index (Phi) is 5.96. The highest BCUT2D eigenvalue weighted by molar-refractivity contribution is 6.42. The van der Waals surface area contributed by atoms with Gasteiger partial charge in [-0.2, -0.15) is 0 Å². The highest BCUT2D eigenvalue weighted by Gasteiger charge is 2.09. The van der Waals surface area contributed by atoms with Gasteiger partial charge in [0.25, 0.3) is 0 Å². The molecule has 0 saturated heterocycles. The third-order valence-corrected chi connectivity index (χ3v) is 4.11. The van der Waals surface area contributed by atoms with Crippen molar-refractivity contribution in [2.75, 3.05) is 0 Å². The number of aryl methyl sites for hydroxylation is 1. The standard InChI is InChI=1S/C13H17Cl3/c1-9(2)11(14)5-3-4-10-6-7-12(15)13(16)8-10/h6-9,11H,3-5H2,1-2H3. The van der Waals surface area contributed by atoms with E-state index in [0.717, 1.165) is 19.3 Å². The molecule has 1 aromatic carbocycles. The molecule has 0 aliphatic heterocycles. The summed E-state index contributed by atoms with van der Waals surface area (Å²) in [4.78, 5) is 0. The highest BCUT2D eigenvalue weighted by Crippen LogP contribution is 2.24. The van der Waals surface area contributed by atoms with Crippen LogP contribution in [0.5, 0.6) is 0 Å². The quantitative estimate of drug-likeness (QED) is 0.617. The van der Waals surface area contributed by atoms with E-state index in [2.05, 4.69) is 13.8 Å². The summed E-state index contributed by atoms with van der Waals surface area (Å²) in [7, 11) is 0. The van der Waals surface area contributed by atoms with Crippen molar-refractivity contribution in [3.8, 4) is 0 Å². The fourth-order valence-corrected chi connectivity index (χ4v) is 2.00. The Morgan fingerprint density at radius 3 is 2.38 bits per heavy atom. The van der Waals surface area contributed by atoms with Crippen molar-refractivity contribution in [3.63, 3.8) is 0 Å². The maximum atomic E-state index is 6.19. The molecule has 0 aromatic heterocycles. The maximum absolute atomic E-state index is 6.19. The molecule has 0 saturated carbocycles. The lowest BCUT2D eigenvalue weighted by molar-refractivity contribution is 0.547. The monoisotopic (exact) mass is 278 g/mol. The minimum atomic E-state index is 0.266. The van der Waals surface area contributed by atoms with Gasteiger partial charge in [-0.25, -0.2) is 0 Å². The molecule has 0 radical (unpaired) electrons. The van der Waals surface area contributed by atoms with Crippen LogP contribution in [0.3, 0.4) is 0 Å². The van der Waals surface area contributed by atoms with Crippen molar-refractivity contribution < 1.29 is 0 Å². The summed E-state index contributed by atoms with van der Waals surface area (Å²) in [6.07, 6.45) is 3.14. The third kappa shape index (κ3) is 4.53. The zero-order valence-electron chi connectivity index (χ0n) is 9.64. The molecule has 0 spiro atoms. The minimum Gasteiger partial charge on any atom is -0.123 e. The number of rotatable bonds is 5. The lowest BCUT2D eigenvalue weighted by atomic mass is 10.0. The summed E-state index contributed by atoms with van der Waals surface area (Å²) in [6, 6.07) is 5.80. The Balaban J connectivity index is 2.40. The van der Waals surface area contributed by atoms with E-state index in [-0.39, 0.29) is 5.38 Å². The van der Waals surface area contributed by atoms with Gasteiger partial charge in [-0.15, -0.1) is 11.6 Å². The van der Waals surface area contributed by atoms with Gasteiger partial charge in [-0.3, -0.25) is 0 Å². The molecule has 90 valence electrons. The molecule has 16 heavy (non-hydrogen) atoms. The number of alkyl halides is 1. The van der Waals surface area contributed by atoms with Crippen molar-refractivity contribution in [1.82, 2.24) is 0 Å². The number of hydrogen-bond acceptors (Lipinski definition) is 0. The van der Waals surface area contributed by atoms with Gasteiger partial charge >= 0.3 is 0 Å².